The van der Waals surface area contributed by atoms with Crippen molar-refractivity contribution in [2.75, 3.05) is 0 Å². The molecule has 4 nitrogen and oxygen atoms in total. The van der Waals surface area contributed by atoms with Crippen molar-refractivity contribution >= 4 is 18.0 Å². The quantitative estimate of drug-likeness (QED) is 0.346. The summed E-state index contributed by atoms with van der Waals surface area (Å²) in [4.78, 5) is 23.4. The number of benzene rings is 1. The Bertz CT molecular complexity index is 652. The van der Waals surface area contributed by atoms with Gasteiger partial charge >= 0.3 is 18.1 Å². The highest BCUT2D eigenvalue weighted by Crippen LogP contribution is 2.33. The van der Waals surface area contributed by atoms with Crippen molar-refractivity contribution in [2.24, 2.45) is 0 Å². The van der Waals surface area contributed by atoms with Crippen LogP contribution in [0.4, 0.5) is 17.6 Å². The van der Waals surface area contributed by atoms with E-state index < -0.39 is 46.4 Å². The second kappa shape index (κ2) is 5.11. The summed E-state index contributed by atoms with van der Waals surface area (Å²) < 4.78 is 61.3. The first kappa shape index (κ1) is 16.0. The maximum Gasteiger partial charge on any atom is 0.419 e. The van der Waals surface area contributed by atoms with Gasteiger partial charge in [-0.3, -0.25) is 0 Å². The van der Waals surface area contributed by atoms with Crippen LogP contribution in [-0.2, 0) is 25.2 Å². The van der Waals surface area contributed by atoms with E-state index in [9.17, 15) is 27.2 Å². The van der Waals surface area contributed by atoms with Crippen LogP contribution in [0.15, 0.2) is 23.8 Å². The number of hydrogen-bond acceptors (Lipinski definition) is 4. The summed E-state index contributed by atoms with van der Waals surface area (Å²) >= 11 is 0. The largest absolute Gasteiger partial charge is 0.419 e. The second-order valence-corrected chi connectivity index (χ2v) is 4.94. The number of carbonyl (C=O) groups is 2. The minimum absolute atomic E-state index is 0.554. The average molecular weight is 318 g/mol. The van der Waals surface area contributed by atoms with E-state index in [2.05, 4.69) is 0 Å². The lowest BCUT2D eigenvalue weighted by molar-refractivity contribution is -0.222. The zero-order valence-corrected chi connectivity index (χ0v) is 11.5. The lowest BCUT2D eigenvalue weighted by Crippen LogP contribution is -2.41. The number of esters is 2. The van der Waals surface area contributed by atoms with Gasteiger partial charge in [0.2, 0.25) is 0 Å². The van der Waals surface area contributed by atoms with Gasteiger partial charge in [-0.1, -0.05) is 12.1 Å². The molecule has 1 aromatic carbocycles. The molecule has 2 rings (SSSR count). The number of alkyl halides is 3. The Kier molecular flexibility index (Phi) is 3.72. The summed E-state index contributed by atoms with van der Waals surface area (Å²) in [7, 11) is 0. The van der Waals surface area contributed by atoms with Gasteiger partial charge in [0.05, 0.1) is 5.56 Å². The van der Waals surface area contributed by atoms with Gasteiger partial charge in [-0.15, -0.1) is 0 Å². The number of ether oxygens (including phenoxy) is 2. The summed E-state index contributed by atoms with van der Waals surface area (Å²) in [6.07, 6.45) is -4.22. The number of rotatable bonds is 1. The first-order chi connectivity index (χ1) is 10.0. The van der Waals surface area contributed by atoms with Gasteiger partial charge in [-0.2, -0.15) is 13.2 Å². The molecule has 0 atom stereocenters. The van der Waals surface area contributed by atoms with E-state index in [-0.39, 0.29) is 0 Å². The lowest BCUT2D eigenvalue weighted by atomic mass is 10.1. The Hall–Kier alpha value is -2.38. The normalized spacial score (nSPS) is 17.8. The molecule has 8 heteroatoms. The molecule has 0 amide bonds. The van der Waals surface area contributed by atoms with Crippen molar-refractivity contribution in [3.8, 4) is 0 Å². The van der Waals surface area contributed by atoms with Crippen molar-refractivity contribution in [1.29, 1.82) is 0 Å². The van der Waals surface area contributed by atoms with E-state index in [4.69, 9.17) is 9.47 Å². The van der Waals surface area contributed by atoms with E-state index >= 15 is 0 Å². The molecule has 0 bridgehead atoms. The monoisotopic (exact) mass is 318 g/mol. The third kappa shape index (κ3) is 3.10. The molecule has 0 N–H and O–H groups in total. The van der Waals surface area contributed by atoms with Crippen molar-refractivity contribution in [3.05, 3.63) is 40.7 Å². The third-order valence-electron chi connectivity index (χ3n) is 2.75. The third-order valence-corrected chi connectivity index (χ3v) is 2.75. The van der Waals surface area contributed by atoms with Crippen LogP contribution in [-0.4, -0.2) is 17.7 Å². The van der Waals surface area contributed by atoms with Gasteiger partial charge < -0.3 is 9.47 Å². The Morgan fingerprint density at radius 2 is 1.64 bits per heavy atom. The molecule has 118 valence electrons. The van der Waals surface area contributed by atoms with Gasteiger partial charge in [-0.05, 0) is 12.1 Å². The maximum absolute atomic E-state index is 13.9. The molecule has 0 spiro atoms. The fourth-order valence-electron chi connectivity index (χ4n) is 1.81. The molecule has 0 unspecified atom stereocenters. The number of halogens is 4. The smallest absolute Gasteiger partial charge is 0.419 e. The van der Waals surface area contributed by atoms with Crippen LogP contribution >= 0.6 is 0 Å². The molecule has 0 radical (unpaired) electrons. The highest BCUT2D eigenvalue weighted by Gasteiger charge is 2.39. The van der Waals surface area contributed by atoms with Crippen LogP contribution in [0.5, 0.6) is 0 Å². The standard InChI is InChI=1S/C14H10F4O4/c1-13(2)21-11(19)8(12(20)22-13)6-7-4-3-5-9(10(7)15)14(16,17)18/h3-6H,1-2H3. The van der Waals surface area contributed by atoms with Crippen LogP contribution < -0.4 is 0 Å². The van der Waals surface area contributed by atoms with Crippen molar-refractivity contribution in [3.63, 3.8) is 0 Å². The van der Waals surface area contributed by atoms with Crippen LogP contribution in [0.1, 0.15) is 25.0 Å². The molecule has 1 aliphatic heterocycles. The molecule has 22 heavy (non-hydrogen) atoms. The zero-order chi connectivity index (χ0) is 16.7. The van der Waals surface area contributed by atoms with E-state index in [0.717, 1.165) is 12.1 Å². The molecular weight excluding hydrogens is 308 g/mol. The van der Waals surface area contributed by atoms with Crippen molar-refractivity contribution in [2.45, 2.75) is 25.8 Å². The second-order valence-electron chi connectivity index (χ2n) is 4.94. The molecule has 1 heterocycles. The van der Waals surface area contributed by atoms with Crippen LogP contribution in [0.3, 0.4) is 0 Å². The Morgan fingerprint density at radius 1 is 1.09 bits per heavy atom. The fourth-order valence-corrected chi connectivity index (χ4v) is 1.81. The maximum atomic E-state index is 13.9. The van der Waals surface area contributed by atoms with Gasteiger partial charge in [-0.25, -0.2) is 14.0 Å². The molecule has 0 aromatic heterocycles. The topological polar surface area (TPSA) is 52.6 Å². The minimum Gasteiger partial charge on any atom is -0.419 e. The molecule has 1 aromatic rings. The minimum atomic E-state index is -4.89. The Balaban J connectivity index is 2.46. The van der Waals surface area contributed by atoms with Gasteiger partial charge in [0.25, 0.3) is 5.79 Å². The summed E-state index contributed by atoms with van der Waals surface area (Å²) in [5.74, 6) is -5.28. The number of hydrogen-bond donors (Lipinski definition) is 0. The van der Waals surface area contributed by atoms with E-state index in [1.165, 1.54) is 13.8 Å². The van der Waals surface area contributed by atoms with E-state index in [1.807, 2.05) is 0 Å². The molecule has 0 aliphatic carbocycles. The highest BCUT2D eigenvalue weighted by atomic mass is 19.4. The predicted molar refractivity (Wildman–Crippen MR) is 65.6 cm³/mol. The summed E-state index contributed by atoms with van der Waals surface area (Å²) in [5, 5.41) is 0. The summed E-state index contributed by atoms with van der Waals surface area (Å²) in [6.45, 7) is 2.62. The summed E-state index contributed by atoms with van der Waals surface area (Å²) in [6, 6.07) is 2.51. The van der Waals surface area contributed by atoms with Gasteiger partial charge in [0, 0.05) is 19.4 Å². The van der Waals surface area contributed by atoms with Gasteiger partial charge in [0.15, 0.2) is 0 Å². The Morgan fingerprint density at radius 3 is 2.14 bits per heavy atom. The first-order valence-electron chi connectivity index (χ1n) is 6.05. The highest BCUT2D eigenvalue weighted by molar-refractivity contribution is 6.18. The fraction of sp³-hybridized carbons (Fsp3) is 0.286. The van der Waals surface area contributed by atoms with Crippen LogP contribution in [0.25, 0.3) is 6.08 Å². The average Bonchev–Trinajstić information content (AvgIpc) is 2.32. The molecule has 1 saturated heterocycles. The molecule has 0 saturated carbocycles. The molecule has 1 aliphatic rings. The molecular formula is C14H10F4O4. The number of carbonyl (C=O) groups excluding carboxylic acids is 2. The summed E-state index contributed by atoms with van der Waals surface area (Å²) in [5.41, 5.74) is -2.75. The van der Waals surface area contributed by atoms with Crippen LogP contribution in [0, 0.1) is 5.82 Å². The van der Waals surface area contributed by atoms with Crippen molar-refractivity contribution < 1.29 is 36.6 Å². The van der Waals surface area contributed by atoms with Crippen molar-refractivity contribution in [1.82, 2.24) is 0 Å². The molecule has 1 fully saturated rings. The first-order valence-corrected chi connectivity index (χ1v) is 6.05. The zero-order valence-electron chi connectivity index (χ0n) is 11.5. The Labute approximate surface area is 122 Å². The predicted octanol–water partition coefficient (Wildman–Crippen LogP) is 3.06. The van der Waals surface area contributed by atoms with E-state index in [0.29, 0.717) is 12.1 Å². The number of cyclic esters (lactones) is 2. The SMILES string of the molecule is CC1(C)OC(=O)C(=Cc2cccc(C(F)(F)F)c2F)C(=O)O1. The van der Waals surface area contributed by atoms with E-state index in [1.54, 1.807) is 0 Å². The lowest BCUT2D eigenvalue weighted by Gasteiger charge is -2.29. The van der Waals surface area contributed by atoms with Gasteiger partial charge in [0.1, 0.15) is 11.4 Å². The van der Waals surface area contributed by atoms with Crippen LogP contribution in [0.2, 0.25) is 0 Å².